The monoisotopic (exact) mass is 237 g/mol. The second-order valence-corrected chi connectivity index (χ2v) is 4.01. The van der Waals surface area contributed by atoms with Gasteiger partial charge in [-0.25, -0.2) is 15.8 Å². The summed E-state index contributed by atoms with van der Waals surface area (Å²) in [7, 11) is 0. The fraction of sp³-hybridized carbons (Fsp3) is 0.667. The van der Waals surface area contributed by atoms with Crippen molar-refractivity contribution >= 4 is 11.6 Å². The largest absolute Gasteiger partial charge is 0.356 e. The van der Waals surface area contributed by atoms with Gasteiger partial charge in [0, 0.05) is 25.6 Å². The summed E-state index contributed by atoms with van der Waals surface area (Å²) in [4.78, 5) is 11.1. The highest BCUT2D eigenvalue weighted by atomic mass is 15.3. The van der Waals surface area contributed by atoms with Crippen molar-refractivity contribution in [1.82, 2.24) is 9.97 Å². The number of nitrogen functional groups attached to an aromatic ring is 1. The lowest BCUT2D eigenvalue weighted by Crippen LogP contribution is -2.26. The molecule has 0 amide bonds. The molecule has 0 saturated carbocycles. The van der Waals surface area contributed by atoms with Gasteiger partial charge in [-0.2, -0.15) is 0 Å². The molecule has 0 fully saturated rings. The van der Waals surface area contributed by atoms with Crippen molar-refractivity contribution in [1.29, 1.82) is 0 Å². The van der Waals surface area contributed by atoms with Gasteiger partial charge < -0.3 is 10.3 Å². The minimum absolute atomic E-state index is 0.684. The van der Waals surface area contributed by atoms with Crippen LogP contribution >= 0.6 is 0 Å². The van der Waals surface area contributed by atoms with Gasteiger partial charge in [0.15, 0.2) is 0 Å². The zero-order chi connectivity index (χ0) is 12.7. The summed E-state index contributed by atoms with van der Waals surface area (Å²) in [6.07, 6.45) is 3.03. The number of rotatable bonds is 7. The van der Waals surface area contributed by atoms with Crippen LogP contribution in [0.2, 0.25) is 0 Å². The first-order valence-electron chi connectivity index (χ1n) is 6.34. The summed E-state index contributed by atoms with van der Waals surface area (Å²) >= 11 is 0. The lowest BCUT2D eigenvalue weighted by molar-refractivity contribution is 0.728. The molecule has 0 aliphatic heterocycles. The molecule has 0 unspecified atom stereocenters. The van der Waals surface area contributed by atoms with Gasteiger partial charge in [-0.1, -0.05) is 20.8 Å². The molecule has 0 atom stereocenters. The van der Waals surface area contributed by atoms with Gasteiger partial charge in [-0.05, 0) is 12.8 Å². The molecule has 5 nitrogen and oxygen atoms in total. The summed E-state index contributed by atoms with van der Waals surface area (Å²) in [6.45, 7) is 8.42. The van der Waals surface area contributed by atoms with Crippen LogP contribution in [-0.4, -0.2) is 23.1 Å². The van der Waals surface area contributed by atoms with Gasteiger partial charge >= 0.3 is 0 Å². The van der Waals surface area contributed by atoms with Crippen molar-refractivity contribution in [3.8, 4) is 0 Å². The first-order valence-corrected chi connectivity index (χ1v) is 6.34. The molecular formula is C12H23N5. The summed E-state index contributed by atoms with van der Waals surface area (Å²) in [5.74, 6) is 7.91. The molecular weight excluding hydrogens is 214 g/mol. The van der Waals surface area contributed by atoms with E-state index in [1.807, 2.05) is 13.0 Å². The highest BCUT2D eigenvalue weighted by Crippen LogP contribution is 2.16. The van der Waals surface area contributed by atoms with Crippen molar-refractivity contribution in [3.63, 3.8) is 0 Å². The molecule has 0 aliphatic rings. The van der Waals surface area contributed by atoms with Crippen molar-refractivity contribution < 1.29 is 0 Å². The van der Waals surface area contributed by atoms with E-state index >= 15 is 0 Å². The fourth-order valence-corrected chi connectivity index (χ4v) is 1.76. The van der Waals surface area contributed by atoms with E-state index in [4.69, 9.17) is 5.84 Å². The Morgan fingerprint density at radius 3 is 2.29 bits per heavy atom. The molecule has 5 heteroatoms. The summed E-state index contributed by atoms with van der Waals surface area (Å²) in [5, 5.41) is 0. The average Bonchev–Trinajstić information content (AvgIpc) is 2.37. The van der Waals surface area contributed by atoms with Crippen LogP contribution in [0, 0.1) is 0 Å². The molecule has 96 valence electrons. The minimum Gasteiger partial charge on any atom is -0.356 e. The quantitative estimate of drug-likeness (QED) is 0.560. The number of nitrogens with two attached hydrogens (primary N) is 1. The molecule has 17 heavy (non-hydrogen) atoms. The van der Waals surface area contributed by atoms with Gasteiger partial charge in [0.25, 0.3) is 0 Å². The van der Waals surface area contributed by atoms with Crippen LogP contribution in [0.4, 0.5) is 11.6 Å². The number of anilines is 2. The number of nitrogens with one attached hydrogen (secondary N) is 1. The van der Waals surface area contributed by atoms with E-state index in [0.717, 1.165) is 44.0 Å². The van der Waals surface area contributed by atoms with Gasteiger partial charge in [0.1, 0.15) is 17.5 Å². The van der Waals surface area contributed by atoms with Crippen LogP contribution in [0.25, 0.3) is 0 Å². The van der Waals surface area contributed by atoms with E-state index in [2.05, 4.69) is 34.1 Å². The smallest absolute Gasteiger partial charge is 0.145 e. The molecule has 0 aliphatic carbocycles. The second-order valence-electron chi connectivity index (χ2n) is 4.01. The third kappa shape index (κ3) is 3.85. The highest BCUT2D eigenvalue weighted by molar-refractivity contribution is 5.48. The summed E-state index contributed by atoms with van der Waals surface area (Å²) in [6, 6.07) is 1.91. The predicted octanol–water partition coefficient (Wildman–Crippen LogP) is 1.95. The normalized spacial score (nSPS) is 10.4. The van der Waals surface area contributed by atoms with Crippen LogP contribution in [0.5, 0.6) is 0 Å². The number of aromatic nitrogens is 2. The van der Waals surface area contributed by atoms with E-state index in [-0.39, 0.29) is 0 Å². The Balaban J connectivity index is 2.99. The Hall–Kier alpha value is -1.36. The minimum atomic E-state index is 0.684. The van der Waals surface area contributed by atoms with Crippen LogP contribution in [0.1, 0.15) is 39.4 Å². The number of aryl methyl sites for hydroxylation is 1. The number of nitrogens with zero attached hydrogens (tertiary/aromatic N) is 3. The molecule has 0 aromatic carbocycles. The standard InChI is InChI=1S/C12H23N5/c1-4-7-17(8-5-2)12-9-11(16-13)14-10(6-3)15-12/h9H,4-8,13H2,1-3H3,(H,14,15,16). The summed E-state index contributed by atoms with van der Waals surface area (Å²) in [5.41, 5.74) is 2.60. The van der Waals surface area contributed by atoms with Gasteiger partial charge in [-0.15, -0.1) is 0 Å². The van der Waals surface area contributed by atoms with Crippen molar-refractivity contribution in [2.45, 2.75) is 40.0 Å². The van der Waals surface area contributed by atoms with Crippen LogP contribution in [-0.2, 0) is 6.42 Å². The molecule has 1 heterocycles. The maximum atomic E-state index is 5.43. The van der Waals surface area contributed by atoms with Crippen molar-refractivity contribution in [2.24, 2.45) is 5.84 Å². The van der Waals surface area contributed by atoms with E-state index in [9.17, 15) is 0 Å². The fourth-order valence-electron chi connectivity index (χ4n) is 1.76. The van der Waals surface area contributed by atoms with Gasteiger partial charge in [0.05, 0.1) is 0 Å². The Morgan fingerprint density at radius 1 is 1.18 bits per heavy atom. The van der Waals surface area contributed by atoms with Crippen LogP contribution < -0.4 is 16.2 Å². The molecule has 0 saturated heterocycles. The molecule has 1 rings (SSSR count). The predicted molar refractivity (Wildman–Crippen MR) is 72.0 cm³/mol. The Kier molecular flexibility index (Phi) is 5.69. The van der Waals surface area contributed by atoms with E-state index in [0.29, 0.717) is 5.82 Å². The third-order valence-corrected chi connectivity index (χ3v) is 2.53. The Labute approximate surface area is 103 Å². The van der Waals surface area contributed by atoms with Crippen molar-refractivity contribution in [2.75, 3.05) is 23.4 Å². The van der Waals surface area contributed by atoms with Gasteiger partial charge in [-0.3, -0.25) is 0 Å². The second kappa shape index (κ2) is 7.06. The zero-order valence-corrected chi connectivity index (χ0v) is 11.0. The molecule has 3 N–H and O–H groups in total. The van der Waals surface area contributed by atoms with Crippen LogP contribution in [0.3, 0.4) is 0 Å². The topological polar surface area (TPSA) is 67.1 Å². The molecule has 0 radical (unpaired) electrons. The first-order chi connectivity index (χ1) is 8.24. The Morgan fingerprint density at radius 2 is 1.82 bits per heavy atom. The van der Waals surface area contributed by atoms with Gasteiger partial charge in [0.2, 0.25) is 0 Å². The molecule has 0 spiro atoms. The summed E-state index contributed by atoms with van der Waals surface area (Å²) < 4.78 is 0. The lowest BCUT2D eigenvalue weighted by Gasteiger charge is -2.23. The molecule has 0 bridgehead atoms. The van der Waals surface area contributed by atoms with E-state index in [1.165, 1.54) is 0 Å². The third-order valence-electron chi connectivity index (χ3n) is 2.53. The highest BCUT2D eigenvalue weighted by Gasteiger charge is 2.09. The Bertz CT molecular complexity index is 311. The maximum Gasteiger partial charge on any atom is 0.145 e. The lowest BCUT2D eigenvalue weighted by atomic mass is 10.3. The molecule has 1 aromatic rings. The zero-order valence-electron chi connectivity index (χ0n) is 11.0. The van der Waals surface area contributed by atoms with E-state index < -0.39 is 0 Å². The SMILES string of the molecule is CCCN(CCC)c1cc(NN)nc(CC)n1. The van der Waals surface area contributed by atoms with Crippen molar-refractivity contribution in [3.05, 3.63) is 11.9 Å². The average molecular weight is 237 g/mol. The first kappa shape index (κ1) is 13.7. The molecule has 1 aromatic heterocycles. The number of hydrogen-bond donors (Lipinski definition) is 2. The van der Waals surface area contributed by atoms with E-state index in [1.54, 1.807) is 0 Å². The number of hydrogen-bond acceptors (Lipinski definition) is 5. The maximum absolute atomic E-state index is 5.43. The van der Waals surface area contributed by atoms with Crippen LogP contribution in [0.15, 0.2) is 6.07 Å². The number of hydrazine groups is 1.